The average molecular weight is 285 g/mol. The van der Waals surface area contributed by atoms with Crippen LogP contribution in [0.15, 0.2) is 30.3 Å². The summed E-state index contributed by atoms with van der Waals surface area (Å²) in [4.78, 5) is 16.0. The number of Topliss-reactive ketones (excluding diaryl/α,β-unsaturated/α-hetero) is 1. The van der Waals surface area contributed by atoms with Crippen LogP contribution in [0.5, 0.6) is 0 Å². The van der Waals surface area contributed by atoms with Gasteiger partial charge in [-0.3, -0.25) is 4.79 Å². The molecule has 1 atom stereocenters. The van der Waals surface area contributed by atoms with Crippen molar-refractivity contribution in [1.29, 1.82) is 0 Å². The normalized spacial score (nSPS) is 28.9. The molecule has 0 amide bonds. The average Bonchev–Trinajstić information content (AvgIpc) is 2.92. The van der Waals surface area contributed by atoms with Gasteiger partial charge in [0, 0.05) is 17.7 Å². The Balaban J connectivity index is 1.52. The van der Waals surface area contributed by atoms with Crippen molar-refractivity contribution in [1.82, 2.24) is 4.90 Å². The molecule has 1 aromatic heterocycles. The number of benzene rings is 1. The largest absolute Gasteiger partial charge is 0.303 e. The van der Waals surface area contributed by atoms with Crippen molar-refractivity contribution in [2.75, 3.05) is 19.6 Å². The van der Waals surface area contributed by atoms with Crippen molar-refractivity contribution in [2.24, 2.45) is 11.8 Å². The Labute approximate surface area is 123 Å². The van der Waals surface area contributed by atoms with E-state index in [4.69, 9.17) is 0 Å². The van der Waals surface area contributed by atoms with Gasteiger partial charge in [-0.25, -0.2) is 0 Å². The van der Waals surface area contributed by atoms with Crippen LogP contribution in [0.2, 0.25) is 0 Å². The molecule has 3 aliphatic rings. The van der Waals surface area contributed by atoms with Gasteiger partial charge in [-0.1, -0.05) is 18.2 Å². The summed E-state index contributed by atoms with van der Waals surface area (Å²) >= 11 is 1.65. The van der Waals surface area contributed by atoms with E-state index in [0.29, 0.717) is 11.7 Å². The highest BCUT2D eigenvalue weighted by molar-refractivity contribution is 7.20. The van der Waals surface area contributed by atoms with E-state index < -0.39 is 0 Å². The molecular weight excluding hydrogens is 266 g/mol. The van der Waals surface area contributed by atoms with Gasteiger partial charge in [0.1, 0.15) is 0 Å². The molecule has 3 aliphatic heterocycles. The van der Waals surface area contributed by atoms with Crippen LogP contribution in [0.25, 0.3) is 10.1 Å². The number of hydrogen-bond acceptors (Lipinski definition) is 3. The Bertz CT molecular complexity index is 606. The number of carbonyl (C=O) groups is 1. The third kappa shape index (κ3) is 2.19. The van der Waals surface area contributed by atoms with E-state index in [1.807, 2.05) is 12.1 Å². The minimum absolute atomic E-state index is 0.352. The topological polar surface area (TPSA) is 20.3 Å². The monoisotopic (exact) mass is 285 g/mol. The number of thiophene rings is 1. The van der Waals surface area contributed by atoms with E-state index in [1.54, 1.807) is 11.3 Å². The molecule has 3 saturated heterocycles. The lowest BCUT2D eigenvalue weighted by molar-refractivity contribution is 0.0442. The van der Waals surface area contributed by atoms with Crippen molar-refractivity contribution < 1.29 is 4.79 Å². The van der Waals surface area contributed by atoms with E-state index in [0.717, 1.165) is 23.8 Å². The van der Waals surface area contributed by atoms with Gasteiger partial charge >= 0.3 is 0 Å². The standard InChI is InChI=1S/C17H19NOS/c19-15(9-14-11-18-7-5-12(14)6-8-18)17-10-13-3-1-2-4-16(13)20-17/h1-4,10,12,14H,5-9,11H2. The Morgan fingerprint density at radius 2 is 2.05 bits per heavy atom. The van der Waals surface area contributed by atoms with E-state index in [-0.39, 0.29) is 0 Å². The van der Waals surface area contributed by atoms with Crippen LogP contribution in [-0.4, -0.2) is 30.3 Å². The molecule has 1 aromatic carbocycles. The van der Waals surface area contributed by atoms with Gasteiger partial charge in [0.25, 0.3) is 0 Å². The number of fused-ring (bicyclic) bond motifs is 4. The second-order valence-electron chi connectivity index (χ2n) is 6.17. The molecule has 1 unspecified atom stereocenters. The zero-order valence-electron chi connectivity index (χ0n) is 11.5. The number of hydrogen-bond donors (Lipinski definition) is 0. The quantitative estimate of drug-likeness (QED) is 0.799. The first kappa shape index (κ1) is 12.5. The number of piperidine rings is 3. The molecule has 5 rings (SSSR count). The zero-order chi connectivity index (χ0) is 13.5. The van der Waals surface area contributed by atoms with Crippen molar-refractivity contribution in [2.45, 2.75) is 19.3 Å². The molecule has 20 heavy (non-hydrogen) atoms. The number of rotatable bonds is 3. The Kier molecular flexibility index (Phi) is 3.12. The van der Waals surface area contributed by atoms with Gasteiger partial charge in [0.2, 0.25) is 0 Å². The fourth-order valence-electron chi connectivity index (χ4n) is 3.78. The number of nitrogens with zero attached hydrogens (tertiary/aromatic N) is 1. The van der Waals surface area contributed by atoms with Crippen LogP contribution in [0.4, 0.5) is 0 Å². The molecule has 0 aliphatic carbocycles. The van der Waals surface area contributed by atoms with Crippen LogP contribution in [0.1, 0.15) is 28.9 Å². The summed E-state index contributed by atoms with van der Waals surface area (Å²) in [5.74, 6) is 1.73. The van der Waals surface area contributed by atoms with Crippen LogP contribution in [0, 0.1) is 11.8 Å². The highest BCUT2D eigenvalue weighted by atomic mass is 32.1. The SMILES string of the molecule is O=C(CC1CN2CCC1CC2)c1cc2ccccc2s1. The van der Waals surface area contributed by atoms with Crippen molar-refractivity contribution >= 4 is 27.2 Å². The molecule has 0 saturated carbocycles. The van der Waals surface area contributed by atoms with Crippen molar-refractivity contribution in [3.8, 4) is 0 Å². The summed E-state index contributed by atoms with van der Waals surface area (Å²) in [6.07, 6.45) is 3.34. The predicted molar refractivity (Wildman–Crippen MR) is 83.4 cm³/mol. The van der Waals surface area contributed by atoms with Crippen LogP contribution < -0.4 is 0 Å². The molecule has 3 fully saturated rings. The minimum atomic E-state index is 0.352. The first-order valence-electron chi connectivity index (χ1n) is 7.54. The smallest absolute Gasteiger partial charge is 0.173 e. The highest BCUT2D eigenvalue weighted by Gasteiger charge is 2.35. The van der Waals surface area contributed by atoms with Crippen molar-refractivity contribution in [3.05, 3.63) is 35.2 Å². The van der Waals surface area contributed by atoms with E-state index in [1.165, 1.54) is 36.0 Å². The summed E-state index contributed by atoms with van der Waals surface area (Å²) in [6, 6.07) is 10.3. The zero-order valence-corrected chi connectivity index (χ0v) is 12.4. The first-order chi connectivity index (χ1) is 9.79. The summed E-state index contributed by atoms with van der Waals surface area (Å²) in [5, 5.41) is 1.20. The van der Waals surface area contributed by atoms with Crippen molar-refractivity contribution in [3.63, 3.8) is 0 Å². The summed E-state index contributed by atoms with van der Waals surface area (Å²) in [5.41, 5.74) is 0. The van der Waals surface area contributed by atoms with Crippen LogP contribution >= 0.6 is 11.3 Å². The third-order valence-corrected chi connectivity index (χ3v) is 6.10. The fourth-order valence-corrected chi connectivity index (χ4v) is 4.79. The van der Waals surface area contributed by atoms with Gasteiger partial charge in [-0.05, 0) is 55.3 Å². The maximum absolute atomic E-state index is 12.6. The second-order valence-corrected chi connectivity index (χ2v) is 7.26. The lowest BCUT2D eigenvalue weighted by atomic mass is 9.76. The molecule has 4 heterocycles. The molecule has 2 bridgehead atoms. The third-order valence-electron chi connectivity index (χ3n) is 4.94. The maximum atomic E-state index is 12.6. The Morgan fingerprint density at radius 3 is 2.75 bits per heavy atom. The van der Waals surface area contributed by atoms with E-state index in [2.05, 4.69) is 23.1 Å². The summed E-state index contributed by atoms with van der Waals surface area (Å²) in [6.45, 7) is 3.64. The molecule has 2 nitrogen and oxygen atoms in total. The fraction of sp³-hybridized carbons (Fsp3) is 0.471. The Morgan fingerprint density at radius 1 is 1.25 bits per heavy atom. The molecule has 0 radical (unpaired) electrons. The molecule has 2 aromatic rings. The molecule has 3 heteroatoms. The number of carbonyl (C=O) groups excluding carboxylic acids is 1. The minimum Gasteiger partial charge on any atom is -0.303 e. The van der Waals surface area contributed by atoms with Gasteiger partial charge < -0.3 is 4.90 Å². The molecular formula is C17H19NOS. The molecule has 104 valence electrons. The summed E-state index contributed by atoms with van der Waals surface area (Å²) in [7, 11) is 0. The predicted octanol–water partition coefficient (Wildman–Crippen LogP) is 3.82. The lowest BCUT2D eigenvalue weighted by Gasteiger charge is -2.44. The molecule has 0 N–H and O–H groups in total. The van der Waals surface area contributed by atoms with Crippen LogP contribution in [0.3, 0.4) is 0 Å². The van der Waals surface area contributed by atoms with E-state index >= 15 is 0 Å². The molecule has 0 spiro atoms. The first-order valence-corrected chi connectivity index (χ1v) is 8.35. The Hall–Kier alpha value is -1.19. The van der Waals surface area contributed by atoms with E-state index in [9.17, 15) is 4.79 Å². The van der Waals surface area contributed by atoms with Gasteiger partial charge in [0.15, 0.2) is 5.78 Å². The van der Waals surface area contributed by atoms with Gasteiger partial charge in [0.05, 0.1) is 4.88 Å². The van der Waals surface area contributed by atoms with Gasteiger partial charge in [-0.2, -0.15) is 0 Å². The second kappa shape index (κ2) is 4.97. The number of ketones is 1. The van der Waals surface area contributed by atoms with Gasteiger partial charge in [-0.15, -0.1) is 11.3 Å². The van der Waals surface area contributed by atoms with Crippen LogP contribution in [-0.2, 0) is 0 Å². The summed E-state index contributed by atoms with van der Waals surface area (Å²) < 4.78 is 1.23. The maximum Gasteiger partial charge on any atom is 0.173 e. The highest BCUT2D eigenvalue weighted by Crippen LogP contribution is 2.36. The lowest BCUT2D eigenvalue weighted by Crippen LogP contribution is -2.47.